The summed E-state index contributed by atoms with van der Waals surface area (Å²) >= 11 is 0. The van der Waals surface area contributed by atoms with E-state index in [1.165, 1.54) is 28.6 Å². The molecule has 2 heterocycles. The molecule has 4 aromatic rings. The summed E-state index contributed by atoms with van der Waals surface area (Å²) in [6.07, 6.45) is 4.29. The molecule has 0 aliphatic carbocycles. The number of fused-ring (bicyclic) bond motifs is 1. The van der Waals surface area contributed by atoms with Gasteiger partial charge in [-0.3, -0.25) is 9.69 Å². The van der Waals surface area contributed by atoms with Crippen molar-refractivity contribution >= 4 is 22.5 Å². The lowest BCUT2D eigenvalue weighted by Gasteiger charge is -2.32. The standard InChI is InChI=1S/C31H34FN3O/c1-22(2)31(36)33(3)29-6-4-5-25(20-29)24-13-16-34(17-14-24)21-23-7-12-30-26(19-23)15-18-35(30)28-10-8-27(32)9-11-28/h4-12,15,18-20,22,24H,13-14,16-17,21H2,1-3H3. The van der Waals surface area contributed by atoms with Crippen LogP contribution in [0.2, 0.25) is 0 Å². The first-order valence-electron chi connectivity index (χ1n) is 12.8. The number of carbonyl (C=O) groups excluding carboxylic acids is 1. The van der Waals surface area contributed by atoms with Crippen LogP contribution in [0.4, 0.5) is 10.1 Å². The highest BCUT2D eigenvalue weighted by Crippen LogP contribution is 2.31. The maximum atomic E-state index is 13.3. The van der Waals surface area contributed by atoms with Gasteiger partial charge in [0.1, 0.15) is 5.82 Å². The van der Waals surface area contributed by atoms with Gasteiger partial charge in [0.15, 0.2) is 0 Å². The molecule has 5 heteroatoms. The summed E-state index contributed by atoms with van der Waals surface area (Å²) in [7, 11) is 1.87. The van der Waals surface area contributed by atoms with Gasteiger partial charge in [0, 0.05) is 42.5 Å². The van der Waals surface area contributed by atoms with E-state index in [2.05, 4.69) is 51.9 Å². The number of benzene rings is 3. The van der Waals surface area contributed by atoms with E-state index in [0.29, 0.717) is 5.92 Å². The molecule has 5 rings (SSSR count). The lowest BCUT2D eigenvalue weighted by molar-refractivity contribution is -0.121. The van der Waals surface area contributed by atoms with Crippen molar-refractivity contribution in [1.82, 2.24) is 9.47 Å². The Labute approximate surface area is 213 Å². The predicted octanol–water partition coefficient (Wildman–Crippen LogP) is 6.77. The number of amides is 1. The van der Waals surface area contributed by atoms with Gasteiger partial charge in [-0.2, -0.15) is 0 Å². The van der Waals surface area contributed by atoms with Crippen LogP contribution >= 0.6 is 0 Å². The first-order chi connectivity index (χ1) is 17.4. The van der Waals surface area contributed by atoms with Crippen LogP contribution in [0.3, 0.4) is 0 Å². The topological polar surface area (TPSA) is 28.5 Å². The average Bonchev–Trinajstić information content (AvgIpc) is 3.32. The van der Waals surface area contributed by atoms with Crippen LogP contribution in [0, 0.1) is 11.7 Å². The highest BCUT2D eigenvalue weighted by molar-refractivity contribution is 5.94. The molecule has 1 aliphatic rings. The molecule has 1 aromatic heterocycles. The summed E-state index contributed by atoms with van der Waals surface area (Å²) in [4.78, 5) is 16.7. The van der Waals surface area contributed by atoms with Crippen molar-refractivity contribution in [2.24, 2.45) is 5.92 Å². The molecule has 1 saturated heterocycles. The number of likely N-dealkylation sites (tertiary alicyclic amines) is 1. The van der Waals surface area contributed by atoms with Gasteiger partial charge in [0.25, 0.3) is 0 Å². The monoisotopic (exact) mass is 483 g/mol. The molecule has 0 N–H and O–H groups in total. The predicted molar refractivity (Wildman–Crippen MR) is 145 cm³/mol. The zero-order valence-electron chi connectivity index (χ0n) is 21.3. The summed E-state index contributed by atoms with van der Waals surface area (Å²) in [5.41, 5.74) is 5.72. The Morgan fingerprint density at radius 1 is 1.00 bits per heavy atom. The number of halogens is 1. The molecule has 0 spiro atoms. The number of nitrogens with zero attached hydrogens (tertiary/aromatic N) is 3. The van der Waals surface area contributed by atoms with Gasteiger partial charge in [0.2, 0.25) is 5.91 Å². The van der Waals surface area contributed by atoms with E-state index in [-0.39, 0.29) is 17.6 Å². The van der Waals surface area contributed by atoms with E-state index < -0.39 is 0 Å². The van der Waals surface area contributed by atoms with Crippen molar-refractivity contribution in [3.05, 3.63) is 95.9 Å². The summed E-state index contributed by atoms with van der Waals surface area (Å²) in [5.74, 6) is 0.438. The van der Waals surface area contributed by atoms with Gasteiger partial charge < -0.3 is 9.47 Å². The molecule has 0 atom stereocenters. The fourth-order valence-corrected chi connectivity index (χ4v) is 5.30. The third-order valence-corrected chi connectivity index (χ3v) is 7.41. The lowest BCUT2D eigenvalue weighted by atomic mass is 9.89. The fourth-order valence-electron chi connectivity index (χ4n) is 5.30. The van der Waals surface area contributed by atoms with Gasteiger partial charge in [-0.25, -0.2) is 4.39 Å². The highest BCUT2D eigenvalue weighted by Gasteiger charge is 2.22. The van der Waals surface area contributed by atoms with Crippen molar-refractivity contribution < 1.29 is 9.18 Å². The quantitative estimate of drug-likeness (QED) is 0.303. The molecule has 0 saturated carbocycles. The Bertz CT molecular complexity index is 1350. The molecule has 0 unspecified atom stereocenters. The molecule has 1 fully saturated rings. The van der Waals surface area contributed by atoms with Crippen LogP contribution in [0.15, 0.2) is 79.0 Å². The first kappa shape index (κ1) is 24.3. The normalized spacial score (nSPS) is 15.0. The second-order valence-electron chi connectivity index (χ2n) is 10.3. The van der Waals surface area contributed by atoms with Crippen molar-refractivity contribution in [2.45, 2.75) is 39.2 Å². The van der Waals surface area contributed by atoms with Crippen LogP contribution < -0.4 is 4.90 Å². The summed E-state index contributed by atoms with van der Waals surface area (Å²) in [6, 6.07) is 23.9. The number of rotatable bonds is 6. The van der Waals surface area contributed by atoms with Crippen LogP contribution in [0.25, 0.3) is 16.6 Å². The minimum absolute atomic E-state index is 0.0115. The van der Waals surface area contributed by atoms with Crippen molar-refractivity contribution in [2.75, 3.05) is 25.0 Å². The molecule has 1 amide bonds. The number of carbonyl (C=O) groups is 1. The SMILES string of the molecule is CC(C)C(=O)N(C)c1cccc(C2CCN(Cc3ccc4c(ccn4-c4ccc(F)cc4)c3)CC2)c1. The maximum absolute atomic E-state index is 13.3. The smallest absolute Gasteiger partial charge is 0.229 e. The van der Waals surface area contributed by atoms with Crippen molar-refractivity contribution in [3.63, 3.8) is 0 Å². The van der Waals surface area contributed by atoms with E-state index >= 15 is 0 Å². The molecule has 0 bridgehead atoms. The number of anilines is 1. The minimum atomic E-state index is -0.220. The largest absolute Gasteiger partial charge is 0.317 e. The number of piperidine rings is 1. The zero-order chi connectivity index (χ0) is 25.2. The van der Waals surface area contributed by atoms with Crippen molar-refractivity contribution in [1.29, 1.82) is 0 Å². The second-order valence-corrected chi connectivity index (χ2v) is 10.3. The van der Waals surface area contributed by atoms with Crippen LogP contribution in [-0.2, 0) is 11.3 Å². The Balaban J connectivity index is 1.22. The van der Waals surface area contributed by atoms with Crippen LogP contribution in [0.5, 0.6) is 0 Å². The van der Waals surface area contributed by atoms with Gasteiger partial charge in [-0.1, -0.05) is 32.0 Å². The molecule has 1 aliphatic heterocycles. The lowest BCUT2D eigenvalue weighted by Crippen LogP contribution is -2.33. The first-order valence-corrected chi connectivity index (χ1v) is 12.8. The van der Waals surface area contributed by atoms with Crippen LogP contribution in [0.1, 0.15) is 43.7 Å². The third-order valence-electron chi connectivity index (χ3n) is 7.41. The summed E-state index contributed by atoms with van der Waals surface area (Å²) in [6.45, 7) is 6.94. The molecular formula is C31H34FN3O. The van der Waals surface area contributed by atoms with E-state index in [1.807, 2.05) is 45.3 Å². The molecule has 0 radical (unpaired) electrons. The third kappa shape index (κ3) is 5.07. The van der Waals surface area contributed by atoms with E-state index in [1.54, 1.807) is 4.90 Å². The number of aromatic nitrogens is 1. The molecule has 4 nitrogen and oxygen atoms in total. The van der Waals surface area contributed by atoms with E-state index in [4.69, 9.17) is 0 Å². The van der Waals surface area contributed by atoms with E-state index in [0.717, 1.165) is 49.4 Å². The van der Waals surface area contributed by atoms with Gasteiger partial charge in [-0.15, -0.1) is 0 Å². The minimum Gasteiger partial charge on any atom is -0.317 e. The number of hydrogen-bond donors (Lipinski definition) is 0. The molecule has 186 valence electrons. The van der Waals surface area contributed by atoms with Gasteiger partial charge >= 0.3 is 0 Å². The molecular weight excluding hydrogens is 449 g/mol. The Hall–Kier alpha value is -3.44. The second kappa shape index (κ2) is 10.3. The van der Waals surface area contributed by atoms with Crippen LogP contribution in [-0.4, -0.2) is 35.5 Å². The number of hydrogen-bond acceptors (Lipinski definition) is 2. The van der Waals surface area contributed by atoms with Gasteiger partial charge in [0.05, 0.1) is 5.52 Å². The average molecular weight is 484 g/mol. The Morgan fingerprint density at radius 2 is 1.75 bits per heavy atom. The maximum Gasteiger partial charge on any atom is 0.229 e. The highest BCUT2D eigenvalue weighted by atomic mass is 19.1. The molecule has 3 aromatic carbocycles. The summed E-state index contributed by atoms with van der Waals surface area (Å²) in [5, 5.41) is 1.20. The Kier molecular flexibility index (Phi) is 6.92. The summed E-state index contributed by atoms with van der Waals surface area (Å²) < 4.78 is 15.4. The zero-order valence-corrected chi connectivity index (χ0v) is 21.3. The Morgan fingerprint density at radius 3 is 2.47 bits per heavy atom. The van der Waals surface area contributed by atoms with Crippen molar-refractivity contribution in [3.8, 4) is 5.69 Å². The van der Waals surface area contributed by atoms with Gasteiger partial charge in [-0.05, 0) is 97.6 Å². The van der Waals surface area contributed by atoms with E-state index in [9.17, 15) is 9.18 Å². The fraction of sp³-hybridized carbons (Fsp3) is 0.323. The molecule has 36 heavy (non-hydrogen) atoms.